The van der Waals surface area contributed by atoms with Crippen LogP contribution in [0.2, 0.25) is 0 Å². The number of ether oxygens (including phenoxy) is 3. The minimum atomic E-state index is -0.979. The van der Waals surface area contributed by atoms with Gasteiger partial charge in [0.1, 0.15) is 19.8 Å². The second-order valence-electron chi connectivity index (χ2n) is 6.93. The summed E-state index contributed by atoms with van der Waals surface area (Å²) in [4.78, 5) is 35.6. The molecule has 0 spiro atoms. The average Bonchev–Trinajstić information content (AvgIpc) is 2.65. The molecule has 0 aliphatic carbocycles. The van der Waals surface area contributed by atoms with Crippen molar-refractivity contribution in [3.05, 3.63) is 61.3 Å². The van der Waals surface area contributed by atoms with Crippen LogP contribution in [0.1, 0.15) is 33.6 Å². The van der Waals surface area contributed by atoms with Crippen molar-refractivity contribution in [1.82, 2.24) is 0 Å². The fourth-order valence-corrected chi connectivity index (χ4v) is 1.89. The Labute approximate surface area is 167 Å². The van der Waals surface area contributed by atoms with Gasteiger partial charge < -0.3 is 14.2 Å². The van der Waals surface area contributed by atoms with Gasteiger partial charge in [0.05, 0.1) is 5.41 Å². The van der Waals surface area contributed by atoms with Crippen LogP contribution in [0.4, 0.5) is 0 Å². The Bertz CT molecular complexity index is 609. The molecule has 0 bridgehead atoms. The molecule has 0 aliphatic rings. The van der Waals surface area contributed by atoms with Gasteiger partial charge in [-0.1, -0.05) is 44.5 Å². The van der Waals surface area contributed by atoms with Gasteiger partial charge in [0.2, 0.25) is 0 Å². The molecule has 0 amide bonds. The Balaban J connectivity index is 5.61. The van der Waals surface area contributed by atoms with Crippen LogP contribution < -0.4 is 0 Å². The summed E-state index contributed by atoms with van der Waals surface area (Å²) in [6.45, 7) is 22.3. The van der Waals surface area contributed by atoms with Crippen LogP contribution in [-0.2, 0) is 28.6 Å². The number of allylic oxidation sites excluding steroid dienone is 2. The normalized spacial score (nSPS) is 10.4. The smallest absolute Gasteiger partial charge is 0.333 e. The van der Waals surface area contributed by atoms with Gasteiger partial charge in [0, 0.05) is 16.7 Å². The first-order valence-corrected chi connectivity index (χ1v) is 8.72. The molecule has 0 aromatic carbocycles. The first kappa shape index (κ1) is 25.1. The van der Waals surface area contributed by atoms with E-state index in [4.69, 9.17) is 14.2 Å². The maximum atomic E-state index is 11.9. The third-order valence-corrected chi connectivity index (χ3v) is 3.84. The number of esters is 3. The second kappa shape index (κ2) is 11.7. The Morgan fingerprint density at radius 2 is 1.07 bits per heavy atom. The quantitative estimate of drug-likeness (QED) is 0.206. The van der Waals surface area contributed by atoms with Crippen molar-refractivity contribution < 1.29 is 28.6 Å². The third-order valence-electron chi connectivity index (χ3n) is 3.84. The van der Waals surface area contributed by atoms with Gasteiger partial charge in [-0.2, -0.15) is 0 Å². The van der Waals surface area contributed by atoms with E-state index in [-0.39, 0.29) is 36.5 Å². The Morgan fingerprint density at radius 1 is 0.750 bits per heavy atom. The second-order valence-corrected chi connectivity index (χ2v) is 6.93. The lowest BCUT2D eigenvalue weighted by molar-refractivity contribution is -0.157. The van der Waals surface area contributed by atoms with Crippen LogP contribution in [0.3, 0.4) is 0 Å². The molecule has 0 rings (SSSR count). The zero-order valence-corrected chi connectivity index (χ0v) is 17.1. The zero-order chi connectivity index (χ0) is 21.9. The fourth-order valence-electron chi connectivity index (χ4n) is 1.89. The largest absolute Gasteiger partial charge is 0.461 e. The molecular weight excluding hydrogens is 360 g/mol. The van der Waals surface area contributed by atoms with Crippen LogP contribution in [0.5, 0.6) is 0 Å². The Morgan fingerprint density at radius 3 is 1.32 bits per heavy atom. The van der Waals surface area contributed by atoms with Crippen molar-refractivity contribution in [2.75, 3.05) is 19.8 Å². The number of carbonyl (C=O) groups is 3. The Kier molecular flexibility index (Phi) is 10.5. The highest BCUT2D eigenvalue weighted by atomic mass is 16.6. The summed E-state index contributed by atoms with van der Waals surface area (Å²) in [7, 11) is 0. The molecule has 0 heterocycles. The van der Waals surface area contributed by atoms with E-state index in [0.29, 0.717) is 12.8 Å². The van der Waals surface area contributed by atoms with E-state index in [1.807, 2.05) is 0 Å². The van der Waals surface area contributed by atoms with Gasteiger partial charge in [0.15, 0.2) is 0 Å². The highest BCUT2D eigenvalue weighted by Gasteiger charge is 2.36. The van der Waals surface area contributed by atoms with Crippen LogP contribution in [-0.4, -0.2) is 37.7 Å². The van der Waals surface area contributed by atoms with E-state index >= 15 is 0 Å². The summed E-state index contributed by atoms with van der Waals surface area (Å²) < 4.78 is 15.9. The minimum Gasteiger partial charge on any atom is -0.461 e. The van der Waals surface area contributed by atoms with Gasteiger partial charge >= 0.3 is 17.9 Å². The highest BCUT2D eigenvalue weighted by Crippen LogP contribution is 2.29. The van der Waals surface area contributed by atoms with Crippen molar-refractivity contribution >= 4 is 17.9 Å². The van der Waals surface area contributed by atoms with Crippen molar-refractivity contribution in [2.24, 2.45) is 5.41 Å². The van der Waals surface area contributed by atoms with Gasteiger partial charge in [-0.05, 0) is 33.6 Å². The van der Waals surface area contributed by atoms with Crippen molar-refractivity contribution in [3.63, 3.8) is 0 Å². The molecule has 0 aromatic rings. The summed E-state index contributed by atoms with van der Waals surface area (Å²) in [5.74, 6) is -1.78. The molecule has 0 saturated carbocycles. The molecule has 0 saturated heterocycles. The van der Waals surface area contributed by atoms with Crippen molar-refractivity contribution in [1.29, 1.82) is 0 Å². The molecule has 154 valence electrons. The number of rotatable bonds is 13. The Hall–Kier alpha value is -2.89. The molecular formula is C22H30O6. The van der Waals surface area contributed by atoms with Gasteiger partial charge in [-0.3, -0.25) is 0 Å². The van der Waals surface area contributed by atoms with Crippen molar-refractivity contribution in [3.8, 4) is 0 Å². The monoisotopic (exact) mass is 390 g/mol. The molecule has 6 heteroatoms. The number of hydrogen-bond donors (Lipinski definition) is 0. The minimum absolute atomic E-state index is 0.143. The lowest BCUT2D eigenvalue weighted by Gasteiger charge is -2.32. The highest BCUT2D eigenvalue weighted by molar-refractivity contribution is 5.88. The third kappa shape index (κ3) is 9.16. The van der Waals surface area contributed by atoms with Gasteiger partial charge in [-0.15, -0.1) is 0 Å². The summed E-state index contributed by atoms with van der Waals surface area (Å²) in [6, 6.07) is 0. The van der Waals surface area contributed by atoms with E-state index in [0.717, 1.165) is 5.57 Å². The van der Waals surface area contributed by atoms with E-state index in [1.165, 1.54) is 20.8 Å². The molecule has 0 aromatic heterocycles. The van der Waals surface area contributed by atoms with Crippen LogP contribution in [0.15, 0.2) is 61.3 Å². The molecule has 0 atom stereocenters. The maximum Gasteiger partial charge on any atom is 0.333 e. The van der Waals surface area contributed by atoms with E-state index in [1.54, 1.807) is 6.08 Å². The van der Waals surface area contributed by atoms with E-state index in [2.05, 4.69) is 32.9 Å². The molecule has 6 nitrogen and oxygen atoms in total. The van der Waals surface area contributed by atoms with E-state index < -0.39 is 23.3 Å². The summed E-state index contributed by atoms with van der Waals surface area (Å²) >= 11 is 0. The predicted octanol–water partition coefficient (Wildman–Crippen LogP) is 3.85. The number of carbonyl (C=O) groups excluding carboxylic acids is 3. The van der Waals surface area contributed by atoms with Crippen molar-refractivity contribution in [2.45, 2.75) is 33.6 Å². The molecule has 28 heavy (non-hydrogen) atoms. The first-order chi connectivity index (χ1) is 12.9. The topological polar surface area (TPSA) is 78.9 Å². The molecule has 0 N–H and O–H groups in total. The molecule has 0 fully saturated rings. The lowest BCUT2D eigenvalue weighted by atomic mass is 9.84. The molecule has 0 aliphatic heterocycles. The SMILES string of the molecule is C=CC(=C)CCC(COC(=O)C(=C)C)(COC(=O)C(=C)C)COC(=O)C(=C)C. The fraction of sp³-hybridized carbons (Fsp3) is 0.409. The average molecular weight is 390 g/mol. The maximum absolute atomic E-state index is 11.9. The predicted molar refractivity (Wildman–Crippen MR) is 108 cm³/mol. The zero-order valence-electron chi connectivity index (χ0n) is 17.1. The van der Waals surface area contributed by atoms with Crippen LogP contribution >= 0.6 is 0 Å². The molecule has 0 unspecified atom stereocenters. The van der Waals surface area contributed by atoms with Gasteiger partial charge in [-0.25, -0.2) is 14.4 Å². The van der Waals surface area contributed by atoms with Crippen LogP contribution in [0, 0.1) is 5.41 Å². The summed E-state index contributed by atoms with van der Waals surface area (Å²) in [6.07, 6.45) is 2.45. The summed E-state index contributed by atoms with van der Waals surface area (Å²) in [5.41, 5.74) is 0.438. The molecule has 0 radical (unpaired) electrons. The van der Waals surface area contributed by atoms with Gasteiger partial charge in [0.25, 0.3) is 0 Å². The summed E-state index contributed by atoms with van der Waals surface area (Å²) in [5, 5.41) is 0. The van der Waals surface area contributed by atoms with Crippen LogP contribution in [0.25, 0.3) is 0 Å². The lowest BCUT2D eigenvalue weighted by Crippen LogP contribution is -2.40. The first-order valence-electron chi connectivity index (χ1n) is 8.72. The van der Waals surface area contributed by atoms with E-state index in [9.17, 15) is 14.4 Å². The number of hydrogen-bond acceptors (Lipinski definition) is 6. The standard InChI is InChI=1S/C22H30O6/c1-9-18(8)10-11-22(12-26-19(23)15(2)3,13-27-20(24)16(4)5)14-28-21(25)17(6)7/h9H,1-2,4,6,8,10-14H2,3,5,7H3.